The van der Waals surface area contributed by atoms with Crippen LogP contribution in [-0.2, 0) is 11.0 Å². The molecular weight excluding hydrogens is 299 g/mol. The minimum atomic E-state index is -4.39. The SMILES string of the molecule is O=C(O)[C@@H]1CCCN1CCCOc1cccc(C(F)(F)F)c1. The zero-order chi connectivity index (χ0) is 16.2. The molecule has 1 N–H and O–H groups in total. The van der Waals surface area contributed by atoms with Gasteiger partial charge in [0.1, 0.15) is 11.8 Å². The summed E-state index contributed by atoms with van der Waals surface area (Å²) in [5, 5.41) is 9.05. The maximum atomic E-state index is 12.6. The van der Waals surface area contributed by atoms with Crippen molar-refractivity contribution in [2.75, 3.05) is 19.7 Å². The van der Waals surface area contributed by atoms with Crippen LogP contribution in [0.15, 0.2) is 24.3 Å². The summed E-state index contributed by atoms with van der Waals surface area (Å²) in [7, 11) is 0. The predicted octanol–water partition coefficient (Wildman–Crippen LogP) is 3.02. The highest BCUT2D eigenvalue weighted by atomic mass is 19.4. The molecule has 4 nitrogen and oxygen atoms in total. The molecule has 22 heavy (non-hydrogen) atoms. The van der Waals surface area contributed by atoms with E-state index in [0.717, 1.165) is 25.1 Å². The smallest absolute Gasteiger partial charge is 0.416 e. The van der Waals surface area contributed by atoms with Crippen LogP contribution in [0.2, 0.25) is 0 Å². The second-order valence-electron chi connectivity index (χ2n) is 5.26. The summed E-state index contributed by atoms with van der Waals surface area (Å²) in [4.78, 5) is 12.9. The highest BCUT2D eigenvalue weighted by Gasteiger charge is 2.31. The van der Waals surface area contributed by atoms with Gasteiger partial charge in [0.15, 0.2) is 0 Å². The zero-order valence-corrected chi connectivity index (χ0v) is 12.0. The van der Waals surface area contributed by atoms with Crippen LogP contribution >= 0.6 is 0 Å². The van der Waals surface area contributed by atoms with Crippen molar-refractivity contribution in [1.29, 1.82) is 0 Å². The number of carboxylic acid groups (broad SMARTS) is 1. The molecule has 1 aliphatic rings. The van der Waals surface area contributed by atoms with Crippen molar-refractivity contribution in [3.05, 3.63) is 29.8 Å². The Balaban J connectivity index is 1.78. The van der Waals surface area contributed by atoms with Gasteiger partial charge in [0.25, 0.3) is 0 Å². The summed E-state index contributed by atoms with van der Waals surface area (Å²) in [5.41, 5.74) is -0.740. The number of carbonyl (C=O) groups is 1. The van der Waals surface area contributed by atoms with Crippen molar-refractivity contribution < 1.29 is 27.8 Å². The Morgan fingerprint density at radius 3 is 2.86 bits per heavy atom. The maximum Gasteiger partial charge on any atom is 0.416 e. The molecule has 0 radical (unpaired) electrons. The van der Waals surface area contributed by atoms with E-state index in [4.69, 9.17) is 9.84 Å². The van der Waals surface area contributed by atoms with Crippen molar-refractivity contribution >= 4 is 5.97 Å². The number of nitrogens with zero attached hydrogens (tertiary/aromatic N) is 1. The fraction of sp³-hybridized carbons (Fsp3) is 0.533. The van der Waals surface area contributed by atoms with Crippen molar-refractivity contribution in [3.63, 3.8) is 0 Å². The van der Waals surface area contributed by atoms with Gasteiger partial charge in [-0.25, -0.2) is 0 Å². The van der Waals surface area contributed by atoms with E-state index in [1.165, 1.54) is 12.1 Å². The first-order valence-corrected chi connectivity index (χ1v) is 7.15. The van der Waals surface area contributed by atoms with E-state index in [-0.39, 0.29) is 12.4 Å². The number of ether oxygens (including phenoxy) is 1. The summed E-state index contributed by atoms with van der Waals surface area (Å²) in [5.74, 6) is -0.651. The first kappa shape index (κ1) is 16.6. The summed E-state index contributed by atoms with van der Waals surface area (Å²) in [6, 6.07) is 4.29. The molecule has 0 saturated carbocycles. The third kappa shape index (κ3) is 4.37. The first-order valence-electron chi connectivity index (χ1n) is 7.15. The normalized spacial score (nSPS) is 19.3. The van der Waals surface area contributed by atoms with Crippen LogP contribution in [0.4, 0.5) is 13.2 Å². The van der Waals surface area contributed by atoms with Crippen LogP contribution in [-0.4, -0.2) is 41.7 Å². The fourth-order valence-corrected chi connectivity index (χ4v) is 2.59. The van der Waals surface area contributed by atoms with Gasteiger partial charge in [-0.15, -0.1) is 0 Å². The lowest BCUT2D eigenvalue weighted by molar-refractivity contribution is -0.142. The summed E-state index contributed by atoms with van der Waals surface area (Å²) >= 11 is 0. The van der Waals surface area contributed by atoms with Crippen molar-refractivity contribution in [2.24, 2.45) is 0 Å². The standard InChI is InChI=1S/C15H18F3NO3/c16-15(17,18)11-4-1-5-12(10-11)22-9-3-8-19-7-2-6-13(19)14(20)21/h1,4-5,10,13H,2-3,6-9H2,(H,20,21)/t13-/m0/s1. The zero-order valence-electron chi connectivity index (χ0n) is 12.0. The van der Waals surface area contributed by atoms with E-state index in [1.807, 2.05) is 4.90 Å². The molecule has 1 aliphatic heterocycles. The van der Waals surface area contributed by atoms with Gasteiger partial charge in [0, 0.05) is 6.54 Å². The highest BCUT2D eigenvalue weighted by molar-refractivity contribution is 5.73. The van der Waals surface area contributed by atoms with Gasteiger partial charge < -0.3 is 9.84 Å². The molecule has 0 bridgehead atoms. The number of aliphatic carboxylic acids is 1. The molecule has 1 saturated heterocycles. The van der Waals surface area contributed by atoms with Gasteiger partial charge in [-0.05, 0) is 44.0 Å². The summed E-state index contributed by atoms with van der Waals surface area (Å²) < 4.78 is 43.0. The monoisotopic (exact) mass is 317 g/mol. The van der Waals surface area contributed by atoms with E-state index < -0.39 is 23.8 Å². The number of benzene rings is 1. The second-order valence-corrected chi connectivity index (χ2v) is 5.26. The number of alkyl halides is 3. The van der Waals surface area contributed by atoms with Gasteiger partial charge in [-0.2, -0.15) is 13.2 Å². The minimum absolute atomic E-state index is 0.172. The Kier molecular flexibility index (Phi) is 5.28. The number of rotatable bonds is 6. The van der Waals surface area contributed by atoms with Crippen LogP contribution in [0.1, 0.15) is 24.8 Å². The van der Waals surface area contributed by atoms with Gasteiger partial charge in [-0.1, -0.05) is 6.07 Å². The van der Waals surface area contributed by atoms with Gasteiger partial charge in [0.05, 0.1) is 12.2 Å². The van der Waals surface area contributed by atoms with Crippen molar-refractivity contribution in [2.45, 2.75) is 31.5 Å². The molecule has 0 aromatic heterocycles. The Labute approximate surface area is 126 Å². The lowest BCUT2D eigenvalue weighted by Gasteiger charge is -2.20. The van der Waals surface area contributed by atoms with E-state index in [0.29, 0.717) is 19.4 Å². The molecule has 1 atom stereocenters. The minimum Gasteiger partial charge on any atom is -0.494 e. The molecular formula is C15H18F3NO3. The van der Waals surface area contributed by atoms with Crippen LogP contribution in [0, 0.1) is 0 Å². The number of carboxylic acids is 1. The third-order valence-electron chi connectivity index (χ3n) is 3.67. The van der Waals surface area contributed by atoms with Crippen LogP contribution in [0.25, 0.3) is 0 Å². The fourth-order valence-electron chi connectivity index (χ4n) is 2.59. The lowest BCUT2D eigenvalue weighted by Crippen LogP contribution is -2.36. The van der Waals surface area contributed by atoms with E-state index in [1.54, 1.807) is 0 Å². The molecule has 7 heteroatoms. The predicted molar refractivity (Wildman–Crippen MR) is 73.8 cm³/mol. The van der Waals surface area contributed by atoms with Crippen molar-refractivity contribution in [1.82, 2.24) is 4.90 Å². The molecule has 1 aromatic carbocycles. The third-order valence-corrected chi connectivity index (χ3v) is 3.67. The quantitative estimate of drug-likeness (QED) is 0.820. The van der Waals surface area contributed by atoms with E-state index in [9.17, 15) is 18.0 Å². The maximum absolute atomic E-state index is 12.6. The molecule has 0 spiro atoms. The number of hydrogen-bond donors (Lipinski definition) is 1. The Bertz CT molecular complexity index is 519. The molecule has 1 aromatic rings. The Morgan fingerprint density at radius 2 is 2.18 bits per heavy atom. The summed E-state index contributed by atoms with van der Waals surface area (Å²) in [6.07, 6.45) is -2.32. The van der Waals surface area contributed by atoms with E-state index in [2.05, 4.69) is 0 Å². The molecule has 122 valence electrons. The Morgan fingerprint density at radius 1 is 1.41 bits per heavy atom. The lowest BCUT2D eigenvalue weighted by atomic mass is 10.2. The largest absolute Gasteiger partial charge is 0.494 e. The number of likely N-dealkylation sites (tertiary alicyclic amines) is 1. The molecule has 1 heterocycles. The second kappa shape index (κ2) is 7.00. The van der Waals surface area contributed by atoms with Crippen molar-refractivity contribution in [3.8, 4) is 5.75 Å². The van der Waals surface area contributed by atoms with Gasteiger partial charge >= 0.3 is 12.1 Å². The van der Waals surface area contributed by atoms with Crippen LogP contribution in [0.3, 0.4) is 0 Å². The molecule has 1 fully saturated rings. The highest BCUT2D eigenvalue weighted by Crippen LogP contribution is 2.31. The number of hydrogen-bond acceptors (Lipinski definition) is 3. The average Bonchev–Trinajstić information content (AvgIpc) is 2.91. The molecule has 0 aliphatic carbocycles. The first-order chi connectivity index (χ1) is 10.4. The van der Waals surface area contributed by atoms with Gasteiger partial charge in [0.2, 0.25) is 0 Å². The van der Waals surface area contributed by atoms with Gasteiger partial charge in [-0.3, -0.25) is 9.69 Å². The topological polar surface area (TPSA) is 49.8 Å². The summed E-state index contributed by atoms with van der Waals surface area (Å²) in [6.45, 7) is 1.56. The molecule has 0 amide bonds. The van der Waals surface area contributed by atoms with Crippen LogP contribution in [0.5, 0.6) is 5.75 Å². The number of halogens is 3. The molecule has 2 rings (SSSR count). The Hall–Kier alpha value is -1.76. The van der Waals surface area contributed by atoms with E-state index >= 15 is 0 Å². The average molecular weight is 317 g/mol. The van der Waals surface area contributed by atoms with Crippen LogP contribution < -0.4 is 4.74 Å². The molecule has 0 unspecified atom stereocenters.